The molecule has 0 radical (unpaired) electrons. The van der Waals surface area contributed by atoms with Crippen LogP contribution < -0.4 is 4.90 Å². The number of aromatic nitrogens is 1. The molecule has 1 amide bonds. The van der Waals surface area contributed by atoms with E-state index in [1.54, 1.807) is 4.90 Å². The Morgan fingerprint density at radius 1 is 1.03 bits per heavy atom. The second kappa shape index (κ2) is 11.1. The number of halogens is 2. The van der Waals surface area contributed by atoms with Crippen molar-refractivity contribution in [1.82, 2.24) is 9.88 Å². The molecule has 0 saturated carbocycles. The lowest BCUT2D eigenvalue weighted by Gasteiger charge is -2.24. The molecule has 0 unspecified atom stereocenters. The molecule has 0 spiro atoms. The van der Waals surface area contributed by atoms with E-state index in [0.717, 1.165) is 28.9 Å². The maximum atomic E-state index is 13.3. The van der Waals surface area contributed by atoms with Gasteiger partial charge in [0.15, 0.2) is 15.0 Å². The van der Waals surface area contributed by atoms with E-state index in [4.69, 9.17) is 28.2 Å². The highest BCUT2D eigenvalue weighted by Crippen LogP contribution is 2.34. The van der Waals surface area contributed by atoms with Crippen LogP contribution in [-0.4, -0.2) is 56.1 Å². The first-order valence-electron chi connectivity index (χ1n) is 10.7. The Hall–Kier alpha value is -1.71. The van der Waals surface area contributed by atoms with Gasteiger partial charge in [0.2, 0.25) is 5.91 Å². The van der Waals surface area contributed by atoms with Crippen molar-refractivity contribution in [3.8, 4) is 0 Å². The number of anilines is 1. The molecule has 1 aromatic heterocycles. The van der Waals surface area contributed by atoms with Crippen molar-refractivity contribution in [2.45, 2.75) is 32.1 Å². The highest BCUT2D eigenvalue weighted by atomic mass is 35.5. The fraction of sp³-hybridized carbons (Fsp3) is 0.391. The van der Waals surface area contributed by atoms with E-state index in [1.165, 1.54) is 35.6 Å². The average Bonchev–Trinajstić information content (AvgIpc) is 3.23. The summed E-state index contributed by atoms with van der Waals surface area (Å²) in [6.45, 7) is 8.84. The molecule has 1 heterocycles. The number of amides is 1. The lowest BCUT2D eigenvalue weighted by atomic mass is 10.2. The van der Waals surface area contributed by atoms with E-state index < -0.39 is 9.84 Å². The lowest BCUT2D eigenvalue weighted by Crippen LogP contribution is -2.39. The Morgan fingerprint density at radius 3 is 2.33 bits per heavy atom. The number of hydrogen-bond acceptors (Lipinski definition) is 6. The Morgan fingerprint density at radius 2 is 1.70 bits per heavy atom. The van der Waals surface area contributed by atoms with Crippen LogP contribution in [0.25, 0.3) is 10.2 Å². The highest BCUT2D eigenvalue weighted by Gasteiger charge is 2.24. The van der Waals surface area contributed by atoms with Crippen LogP contribution in [-0.2, 0) is 14.6 Å². The topological polar surface area (TPSA) is 70.6 Å². The van der Waals surface area contributed by atoms with Crippen molar-refractivity contribution in [3.05, 3.63) is 52.0 Å². The molecule has 0 saturated heterocycles. The fourth-order valence-corrected chi connectivity index (χ4v) is 6.01. The number of carbonyl (C=O) groups is 1. The summed E-state index contributed by atoms with van der Waals surface area (Å²) in [4.78, 5) is 21.9. The molecule has 3 rings (SSSR count). The first-order valence-corrected chi connectivity index (χ1v) is 14.0. The second-order valence-electron chi connectivity index (χ2n) is 7.61. The number of carbonyl (C=O) groups excluding carboxylic acids is 1. The third kappa shape index (κ3) is 6.25. The zero-order valence-electron chi connectivity index (χ0n) is 18.8. The minimum atomic E-state index is -3.62. The van der Waals surface area contributed by atoms with Crippen molar-refractivity contribution >= 4 is 65.6 Å². The average molecular weight is 529 g/mol. The van der Waals surface area contributed by atoms with E-state index in [2.05, 4.69) is 18.7 Å². The third-order valence-electron chi connectivity index (χ3n) is 5.56. The van der Waals surface area contributed by atoms with Crippen LogP contribution in [0.1, 0.15) is 25.8 Å². The number of likely N-dealkylation sites (N-methyl/N-ethyl adjacent to an activating group) is 1. The largest absolute Gasteiger partial charge is 0.302 e. The van der Waals surface area contributed by atoms with Crippen LogP contribution in [0.5, 0.6) is 0 Å². The van der Waals surface area contributed by atoms with Gasteiger partial charge in [-0.25, -0.2) is 13.4 Å². The minimum Gasteiger partial charge on any atom is -0.302 e. The minimum absolute atomic E-state index is 0.140. The maximum absolute atomic E-state index is 13.3. The Balaban J connectivity index is 1.85. The number of fused-ring (bicyclic) bond motifs is 1. The molecule has 3 aromatic rings. The number of aryl methyl sites for hydroxylation is 1. The monoisotopic (exact) mass is 527 g/mol. The van der Waals surface area contributed by atoms with Gasteiger partial charge in [0.1, 0.15) is 0 Å². The summed E-state index contributed by atoms with van der Waals surface area (Å²) >= 11 is 13.5. The normalized spacial score (nSPS) is 11.9. The zero-order chi connectivity index (χ0) is 24.2. The molecule has 0 aliphatic carbocycles. The molecule has 0 fully saturated rings. The summed E-state index contributed by atoms with van der Waals surface area (Å²) in [6, 6.07) is 9.69. The predicted molar refractivity (Wildman–Crippen MR) is 138 cm³/mol. The molecule has 0 atom stereocenters. The van der Waals surface area contributed by atoms with Crippen molar-refractivity contribution in [2.75, 3.05) is 36.8 Å². The zero-order valence-corrected chi connectivity index (χ0v) is 22.0. The number of rotatable bonds is 10. The van der Waals surface area contributed by atoms with Crippen molar-refractivity contribution in [1.29, 1.82) is 0 Å². The number of sulfone groups is 1. The van der Waals surface area contributed by atoms with E-state index in [-0.39, 0.29) is 23.0 Å². The van der Waals surface area contributed by atoms with Gasteiger partial charge in [-0.3, -0.25) is 9.69 Å². The van der Waals surface area contributed by atoms with Gasteiger partial charge >= 0.3 is 0 Å². The van der Waals surface area contributed by atoms with Crippen LogP contribution in [0.4, 0.5) is 5.13 Å². The molecule has 178 valence electrons. The summed E-state index contributed by atoms with van der Waals surface area (Å²) in [7, 11) is -3.62. The Bertz CT molecular complexity index is 1220. The third-order valence-corrected chi connectivity index (χ3v) is 9.00. The van der Waals surface area contributed by atoms with Gasteiger partial charge in [0.05, 0.1) is 20.9 Å². The summed E-state index contributed by atoms with van der Waals surface area (Å²) in [5.74, 6) is -0.562. The van der Waals surface area contributed by atoms with Gasteiger partial charge in [-0.05, 0) is 62.0 Å². The van der Waals surface area contributed by atoms with Gasteiger partial charge in [-0.15, -0.1) is 0 Å². The van der Waals surface area contributed by atoms with E-state index in [0.29, 0.717) is 28.3 Å². The molecule has 0 bridgehead atoms. The summed E-state index contributed by atoms with van der Waals surface area (Å²) < 4.78 is 26.4. The smallest absolute Gasteiger partial charge is 0.229 e. The first-order chi connectivity index (χ1) is 15.7. The van der Waals surface area contributed by atoms with Gasteiger partial charge in [0, 0.05) is 29.6 Å². The SMILES string of the molecule is CCN(CC)CCN(C(=O)CCS(=O)(=O)c1ccc(Cl)cc1)c1nc2c(C)c(Cl)ccc2s1. The standard InChI is InChI=1S/C23H27Cl2N3O3S2/c1-4-27(5-2)13-14-28(23-26-22-16(3)19(25)10-11-20(22)32-23)21(29)12-15-33(30,31)18-8-6-17(24)7-9-18/h6-11H,4-5,12-15H2,1-3H3. The molecule has 33 heavy (non-hydrogen) atoms. The van der Waals surface area contributed by atoms with E-state index in [1.807, 2.05) is 19.1 Å². The maximum Gasteiger partial charge on any atom is 0.229 e. The number of hydrogen-bond donors (Lipinski definition) is 0. The van der Waals surface area contributed by atoms with E-state index >= 15 is 0 Å². The number of nitrogens with zero attached hydrogens (tertiary/aromatic N) is 3. The number of thiazole rings is 1. The van der Waals surface area contributed by atoms with Gasteiger partial charge in [0.25, 0.3) is 0 Å². The van der Waals surface area contributed by atoms with Crippen molar-refractivity contribution in [3.63, 3.8) is 0 Å². The van der Waals surface area contributed by atoms with Crippen LogP contribution in [0.15, 0.2) is 41.3 Å². The lowest BCUT2D eigenvalue weighted by molar-refractivity contribution is -0.118. The fourth-order valence-electron chi connectivity index (χ4n) is 3.43. The molecular formula is C23H27Cl2N3O3S2. The highest BCUT2D eigenvalue weighted by molar-refractivity contribution is 7.91. The Labute approximate surface area is 209 Å². The molecule has 2 aromatic carbocycles. The van der Waals surface area contributed by atoms with Crippen molar-refractivity contribution < 1.29 is 13.2 Å². The molecule has 0 aliphatic rings. The molecule has 6 nitrogen and oxygen atoms in total. The first kappa shape index (κ1) is 25.9. The van der Waals surface area contributed by atoms with Gasteiger partial charge < -0.3 is 4.90 Å². The van der Waals surface area contributed by atoms with Crippen molar-refractivity contribution in [2.24, 2.45) is 0 Å². The van der Waals surface area contributed by atoms with Crippen LogP contribution >= 0.6 is 34.5 Å². The summed E-state index contributed by atoms with van der Waals surface area (Å²) in [5, 5.41) is 1.63. The molecular weight excluding hydrogens is 501 g/mol. The second-order valence-corrected chi connectivity index (χ2v) is 11.6. The Kier molecular flexibility index (Phi) is 8.75. The summed E-state index contributed by atoms with van der Waals surface area (Å²) in [5.41, 5.74) is 1.62. The van der Waals surface area contributed by atoms with Crippen LogP contribution in [0, 0.1) is 6.92 Å². The quantitative estimate of drug-likeness (QED) is 0.350. The van der Waals surface area contributed by atoms with Crippen LogP contribution in [0.3, 0.4) is 0 Å². The van der Waals surface area contributed by atoms with Gasteiger partial charge in [-0.1, -0.05) is 48.4 Å². The molecule has 10 heteroatoms. The van der Waals surface area contributed by atoms with Gasteiger partial charge in [-0.2, -0.15) is 0 Å². The summed E-state index contributed by atoms with van der Waals surface area (Å²) in [6.07, 6.45) is -0.140. The predicted octanol–water partition coefficient (Wildman–Crippen LogP) is 5.45. The number of benzene rings is 2. The van der Waals surface area contributed by atoms with Crippen LogP contribution in [0.2, 0.25) is 10.0 Å². The molecule has 0 N–H and O–H groups in total. The van der Waals surface area contributed by atoms with E-state index in [9.17, 15) is 13.2 Å². The molecule has 0 aliphatic heterocycles.